The predicted molar refractivity (Wildman–Crippen MR) is 313 cm³/mol. The van der Waals surface area contributed by atoms with Crippen LogP contribution in [0.2, 0.25) is 0 Å². The minimum absolute atomic E-state index is 0.595. The highest BCUT2D eigenvalue weighted by Gasteiger charge is 2.23. The van der Waals surface area contributed by atoms with Gasteiger partial charge in [0.25, 0.3) is 0 Å². The molecule has 0 aliphatic heterocycles. The molecule has 0 N–H and O–H groups in total. The first-order valence-corrected chi connectivity index (χ1v) is 25.8. The number of aromatic nitrogens is 7. The maximum Gasteiger partial charge on any atom is 0.164 e. The van der Waals surface area contributed by atoms with Crippen molar-refractivity contribution in [2.45, 2.75) is 0 Å². The van der Waals surface area contributed by atoms with Gasteiger partial charge in [0.15, 0.2) is 17.5 Å². The summed E-state index contributed by atoms with van der Waals surface area (Å²) in [6, 6.07) is 93.6. The largest absolute Gasteiger partial charge is 0.309 e. The molecular weight excluding hydrogens is 927 g/mol. The summed E-state index contributed by atoms with van der Waals surface area (Å²) in [5, 5.41) is 9.61. The molecule has 0 aliphatic carbocycles. The van der Waals surface area contributed by atoms with Crippen LogP contribution in [0.15, 0.2) is 261 Å². The van der Waals surface area contributed by atoms with Crippen LogP contribution < -0.4 is 0 Å². The minimum Gasteiger partial charge on any atom is -0.309 e. The van der Waals surface area contributed by atoms with E-state index in [9.17, 15) is 0 Å². The summed E-state index contributed by atoms with van der Waals surface area (Å²) in [6.07, 6.45) is 0. The molecule has 0 radical (unpaired) electrons. The highest BCUT2D eigenvalue weighted by Crippen LogP contribution is 2.42. The van der Waals surface area contributed by atoms with Crippen molar-refractivity contribution in [3.05, 3.63) is 261 Å². The van der Waals surface area contributed by atoms with Crippen molar-refractivity contribution in [2.24, 2.45) is 0 Å². The van der Waals surface area contributed by atoms with Crippen molar-refractivity contribution in [3.63, 3.8) is 0 Å². The second kappa shape index (κ2) is 16.6. The van der Waals surface area contributed by atoms with Gasteiger partial charge in [0.1, 0.15) is 0 Å². The van der Waals surface area contributed by atoms with Crippen molar-refractivity contribution in [1.29, 1.82) is 0 Å². The van der Waals surface area contributed by atoms with E-state index in [0.29, 0.717) is 17.5 Å². The van der Waals surface area contributed by atoms with E-state index in [1.165, 1.54) is 54.1 Å². The molecular formula is C69H43N7. The van der Waals surface area contributed by atoms with Crippen molar-refractivity contribution < 1.29 is 0 Å². The molecule has 0 aliphatic rings. The van der Waals surface area contributed by atoms with Crippen LogP contribution in [-0.4, -0.2) is 33.2 Å². The summed E-state index contributed by atoms with van der Waals surface area (Å²) in [5.41, 5.74) is 16.0. The Kier molecular flexibility index (Phi) is 9.20. The fourth-order valence-corrected chi connectivity index (χ4v) is 12.1. The topological polar surface area (TPSA) is 58.4 Å². The normalized spacial score (nSPS) is 11.9. The number of fused-ring (bicyclic) bond motifs is 12. The third-order valence-corrected chi connectivity index (χ3v) is 15.4. The lowest BCUT2D eigenvalue weighted by atomic mass is 10.1. The standard InChI is InChI=1S/C69H43N7/c1-3-19-44(20-4-1)67-70-68(45-21-5-2-6-22-45)72-69(71-67)46-35-40-63(66(41-46)75-60-32-16-10-25-51(60)52-26-11-17-33-61(52)75)76-62-34-18-12-28-54(62)56-39-37-48(43-65(56)76)74-59-31-15-9-27-53(59)55-38-36-47(42-64(55)74)73-57-29-13-7-23-49(57)50-24-8-14-30-58(50)73/h1-43H. The Morgan fingerprint density at radius 2 is 0.500 bits per heavy atom. The summed E-state index contributed by atoms with van der Waals surface area (Å²) in [7, 11) is 0. The van der Waals surface area contributed by atoms with Crippen molar-refractivity contribution >= 4 is 87.2 Å². The molecule has 0 spiro atoms. The van der Waals surface area contributed by atoms with Crippen LogP contribution in [-0.2, 0) is 0 Å². The number of hydrogen-bond donors (Lipinski definition) is 0. The average Bonchev–Trinajstić information content (AvgIpc) is 4.27. The Bertz CT molecular complexity index is 4830. The van der Waals surface area contributed by atoms with Crippen molar-refractivity contribution in [3.8, 4) is 56.9 Å². The molecule has 5 heterocycles. The van der Waals surface area contributed by atoms with Crippen LogP contribution in [0.25, 0.3) is 144 Å². The van der Waals surface area contributed by atoms with E-state index in [4.69, 9.17) is 15.0 Å². The third-order valence-electron chi connectivity index (χ3n) is 15.4. The molecule has 0 amide bonds. The monoisotopic (exact) mass is 969 g/mol. The highest BCUT2D eigenvalue weighted by atomic mass is 15.1. The highest BCUT2D eigenvalue weighted by molar-refractivity contribution is 6.14. The number of rotatable bonds is 7. The lowest BCUT2D eigenvalue weighted by Gasteiger charge is -2.19. The second-order valence-electron chi connectivity index (χ2n) is 19.6. The fourth-order valence-electron chi connectivity index (χ4n) is 12.1. The van der Waals surface area contributed by atoms with Gasteiger partial charge in [-0.1, -0.05) is 182 Å². The number of para-hydroxylation sites is 6. The van der Waals surface area contributed by atoms with Gasteiger partial charge in [0, 0.05) is 71.2 Å². The summed E-state index contributed by atoms with van der Waals surface area (Å²) in [4.78, 5) is 15.5. The number of nitrogens with zero attached hydrogens (tertiary/aromatic N) is 7. The van der Waals surface area contributed by atoms with Crippen LogP contribution in [0.1, 0.15) is 0 Å². The van der Waals surface area contributed by atoms with Gasteiger partial charge in [-0.3, -0.25) is 0 Å². The van der Waals surface area contributed by atoms with Gasteiger partial charge in [0.2, 0.25) is 0 Å². The maximum absolute atomic E-state index is 5.24. The lowest BCUT2D eigenvalue weighted by Crippen LogP contribution is -2.05. The summed E-state index contributed by atoms with van der Waals surface area (Å²) in [5.74, 6) is 1.83. The molecule has 0 bridgehead atoms. The summed E-state index contributed by atoms with van der Waals surface area (Å²) in [6.45, 7) is 0. The Hall–Kier alpha value is -10.4. The van der Waals surface area contributed by atoms with Gasteiger partial charge >= 0.3 is 0 Å². The van der Waals surface area contributed by atoms with E-state index < -0.39 is 0 Å². The first kappa shape index (κ1) is 42.2. The molecule has 7 heteroatoms. The molecule has 0 saturated carbocycles. The van der Waals surface area contributed by atoms with Crippen molar-refractivity contribution in [2.75, 3.05) is 0 Å². The summed E-state index contributed by atoms with van der Waals surface area (Å²) < 4.78 is 9.76. The quantitative estimate of drug-likeness (QED) is 0.160. The van der Waals surface area contributed by atoms with Crippen LogP contribution >= 0.6 is 0 Å². The molecule has 0 fully saturated rings. The average molecular weight is 970 g/mol. The Labute approximate surface area is 436 Å². The van der Waals surface area contributed by atoms with E-state index in [-0.39, 0.29) is 0 Å². The Morgan fingerprint density at radius 1 is 0.197 bits per heavy atom. The Morgan fingerprint density at radius 3 is 0.908 bits per heavy atom. The zero-order valence-electron chi connectivity index (χ0n) is 41.0. The smallest absolute Gasteiger partial charge is 0.164 e. The molecule has 76 heavy (non-hydrogen) atoms. The molecule has 354 valence electrons. The molecule has 0 unspecified atom stereocenters. The van der Waals surface area contributed by atoms with Crippen molar-refractivity contribution in [1.82, 2.24) is 33.2 Å². The molecule has 11 aromatic carbocycles. The molecule has 7 nitrogen and oxygen atoms in total. The summed E-state index contributed by atoms with van der Waals surface area (Å²) >= 11 is 0. The van der Waals surface area contributed by atoms with E-state index in [0.717, 1.165) is 72.5 Å². The zero-order chi connectivity index (χ0) is 49.8. The second-order valence-corrected chi connectivity index (χ2v) is 19.6. The van der Waals surface area contributed by atoms with Gasteiger partial charge in [-0.05, 0) is 78.9 Å². The molecule has 0 atom stereocenters. The Balaban J connectivity index is 0.968. The van der Waals surface area contributed by atoms with Gasteiger partial charge in [-0.2, -0.15) is 0 Å². The van der Waals surface area contributed by atoms with E-state index in [1.807, 2.05) is 36.4 Å². The minimum atomic E-state index is 0.595. The zero-order valence-corrected chi connectivity index (χ0v) is 41.0. The first-order chi connectivity index (χ1) is 37.7. The maximum atomic E-state index is 5.24. The first-order valence-electron chi connectivity index (χ1n) is 25.8. The lowest BCUT2D eigenvalue weighted by molar-refractivity contribution is 1.06. The molecule has 0 saturated heterocycles. The predicted octanol–water partition coefficient (Wildman–Crippen LogP) is 17.3. The molecule has 5 aromatic heterocycles. The fraction of sp³-hybridized carbons (Fsp3) is 0. The van der Waals surface area contributed by atoms with Gasteiger partial charge < -0.3 is 18.3 Å². The molecule has 16 rings (SSSR count). The number of hydrogen-bond acceptors (Lipinski definition) is 3. The number of benzene rings is 11. The third kappa shape index (κ3) is 6.33. The van der Waals surface area contributed by atoms with Crippen LogP contribution in [0.3, 0.4) is 0 Å². The van der Waals surface area contributed by atoms with E-state index >= 15 is 0 Å². The molecule has 16 aromatic rings. The SMILES string of the molecule is c1ccc(-c2nc(-c3ccccc3)nc(-c3ccc(-n4c5ccccc5c5ccc(-n6c7ccccc7c7ccc(-n8c9ccccc9c9ccccc98)cc76)cc54)c(-n4c5ccccc5c5ccccc54)c3)n2)cc1. The van der Waals surface area contributed by atoms with Crippen LogP contribution in [0, 0.1) is 0 Å². The van der Waals surface area contributed by atoms with Gasteiger partial charge in [-0.25, -0.2) is 15.0 Å². The van der Waals surface area contributed by atoms with Gasteiger partial charge in [-0.15, -0.1) is 0 Å². The van der Waals surface area contributed by atoms with Crippen LogP contribution in [0.4, 0.5) is 0 Å². The van der Waals surface area contributed by atoms with Crippen LogP contribution in [0.5, 0.6) is 0 Å². The van der Waals surface area contributed by atoms with Gasteiger partial charge in [0.05, 0.1) is 55.5 Å². The van der Waals surface area contributed by atoms with E-state index in [1.54, 1.807) is 0 Å². The van der Waals surface area contributed by atoms with E-state index in [2.05, 4.69) is 243 Å².